The minimum Gasteiger partial charge on any atom is -0.393 e. The normalized spacial score (nSPS) is 37.1. The molecule has 3 unspecified atom stereocenters. The number of ether oxygens (including phenoxy) is 1. The molecule has 3 atom stereocenters. The van der Waals surface area contributed by atoms with E-state index in [4.69, 9.17) is 0 Å². The maximum Gasteiger partial charge on any atom is 0.318 e. The van der Waals surface area contributed by atoms with Crippen LogP contribution in [-0.2, 0) is 14.3 Å². The van der Waals surface area contributed by atoms with Crippen LogP contribution in [0.4, 0.5) is 0 Å². The molecule has 1 heterocycles. The summed E-state index contributed by atoms with van der Waals surface area (Å²) in [7, 11) is 0. The Morgan fingerprint density at radius 2 is 2.23 bits per heavy atom. The van der Waals surface area contributed by atoms with Crippen LogP contribution < -0.4 is 0 Å². The molecule has 1 aliphatic heterocycles. The molecule has 0 spiro atoms. The molecule has 0 N–H and O–H groups in total. The van der Waals surface area contributed by atoms with Crippen LogP contribution in [0.5, 0.6) is 0 Å². The Bertz CT molecular complexity index is 303. The topological polar surface area (TPSA) is 43.4 Å². The van der Waals surface area contributed by atoms with Crippen molar-refractivity contribution in [3.05, 3.63) is 24.8 Å². The number of cyclic esters (lactones) is 2. The first-order chi connectivity index (χ1) is 6.24. The highest BCUT2D eigenvalue weighted by Gasteiger charge is 2.47. The van der Waals surface area contributed by atoms with Gasteiger partial charge in [-0.15, -0.1) is 6.58 Å². The third kappa shape index (κ3) is 1.11. The molecule has 0 bridgehead atoms. The molecule has 0 aromatic rings. The molecule has 2 rings (SSSR count). The average Bonchev–Trinajstić information content (AvgIpc) is 2.43. The van der Waals surface area contributed by atoms with Crippen molar-refractivity contribution in [3.63, 3.8) is 0 Å². The minimum absolute atomic E-state index is 0.0438. The number of carbonyl (C=O) groups is 2. The first kappa shape index (κ1) is 8.23. The van der Waals surface area contributed by atoms with Gasteiger partial charge in [-0.2, -0.15) is 0 Å². The largest absolute Gasteiger partial charge is 0.393 e. The molecular weight excluding hydrogens is 168 g/mol. The van der Waals surface area contributed by atoms with Crippen LogP contribution >= 0.6 is 0 Å². The first-order valence-electron chi connectivity index (χ1n) is 4.29. The van der Waals surface area contributed by atoms with Crippen molar-refractivity contribution in [1.29, 1.82) is 0 Å². The highest BCUT2D eigenvalue weighted by atomic mass is 16.6. The summed E-state index contributed by atoms with van der Waals surface area (Å²) in [5.74, 6) is -1.43. The standard InChI is InChI=1S/C10H10O3/c1-2-6-4-3-5-7-8(6)10(12)13-9(7)11/h2-4,6-8H,1,5H2. The third-order valence-electron chi connectivity index (χ3n) is 2.64. The molecular formula is C10H10O3. The van der Waals surface area contributed by atoms with E-state index < -0.39 is 5.97 Å². The zero-order valence-electron chi connectivity index (χ0n) is 7.10. The fourth-order valence-corrected chi connectivity index (χ4v) is 1.95. The van der Waals surface area contributed by atoms with E-state index in [1.807, 2.05) is 12.2 Å². The summed E-state index contributed by atoms with van der Waals surface area (Å²) in [6.45, 7) is 3.63. The maximum atomic E-state index is 11.3. The van der Waals surface area contributed by atoms with Crippen LogP contribution in [0.15, 0.2) is 24.8 Å². The highest BCUT2D eigenvalue weighted by Crippen LogP contribution is 2.37. The van der Waals surface area contributed by atoms with Crippen molar-refractivity contribution in [2.75, 3.05) is 0 Å². The second-order valence-electron chi connectivity index (χ2n) is 3.35. The lowest BCUT2D eigenvalue weighted by atomic mass is 9.77. The van der Waals surface area contributed by atoms with Crippen molar-refractivity contribution in [2.24, 2.45) is 17.8 Å². The summed E-state index contributed by atoms with van der Waals surface area (Å²) in [5.41, 5.74) is 0. The molecule has 13 heavy (non-hydrogen) atoms. The molecule has 0 saturated carbocycles. The molecule has 1 saturated heterocycles. The molecule has 3 nitrogen and oxygen atoms in total. The number of hydrogen-bond acceptors (Lipinski definition) is 3. The van der Waals surface area contributed by atoms with Crippen molar-refractivity contribution >= 4 is 11.9 Å². The van der Waals surface area contributed by atoms with Gasteiger partial charge in [0.25, 0.3) is 0 Å². The van der Waals surface area contributed by atoms with E-state index in [1.54, 1.807) is 6.08 Å². The van der Waals surface area contributed by atoms with Crippen LogP contribution in [0.1, 0.15) is 6.42 Å². The maximum absolute atomic E-state index is 11.3. The van der Waals surface area contributed by atoms with Crippen molar-refractivity contribution < 1.29 is 14.3 Å². The van der Waals surface area contributed by atoms with Gasteiger partial charge in [0.1, 0.15) is 0 Å². The van der Waals surface area contributed by atoms with Crippen LogP contribution in [0.3, 0.4) is 0 Å². The zero-order valence-corrected chi connectivity index (χ0v) is 7.10. The van der Waals surface area contributed by atoms with Gasteiger partial charge in [-0.05, 0) is 6.42 Å². The Labute approximate surface area is 76.1 Å². The molecule has 0 radical (unpaired) electrons. The van der Waals surface area contributed by atoms with E-state index >= 15 is 0 Å². The Morgan fingerprint density at radius 1 is 1.46 bits per heavy atom. The van der Waals surface area contributed by atoms with Gasteiger partial charge in [0, 0.05) is 5.92 Å². The Kier molecular flexibility index (Phi) is 1.79. The highest BCUT2D eigenvalue weighted by molar-refractivity contribution is 5.97. The lowest BCUT2D eigenvalue weighted by molar-refractivity contribution is -0.153. The summed E-state index contributed by atoms with van der Waals surface area (Å²) in [6.07, 6.45) is 6.12. The van der Waals surface area contributed by atoms with Gasteiger partial charge in [-0.3, -0.25) is 9.59 Å². The SMILES string of the molecule is C=CC1C=CCC2C(=O)OC(=O)C12. The Balaban J connectivity index is 2.34. The van der Waals surface area contributed by atoms with Crippen molar-refractivity contribution in [1.82, 2.24) is 0 Å². The van der Waals surface area contributed by atoms with Crippen LogP contribution in [0, 0.1) is 17.8 Å². The predicted molar refractivity (Wildman–Crippen MR) is 45.5 cm³/mol. The second kappa shape index (κ2) is 2.83. The molecule has 1 fully saturated rings. The molecule has 68 valence electrons. The fourth-order valence-electron chi connectivity index (χ4n) is 1.95. The van der Waals surface area contributed by atoms with Gasteiger partial charge in [0.15, 0.2) is 0 Å². The van der Waals surface area contributed by atoms with E-state index in [9.17, 15) is 9.59 Å². The predicted octanol–water partition coefficient (Wildman–Crippen LogP) is 1.06. The van der Waals surface area contributed by atoms with E-state index in [1.165, 1.54) is 0 Å². The lowest BCUT2D eigenvalue weighted by Crippen LogP contribution is -2.26. The molecule has 0 aromatic heterocycles. The third-order valence-corrected chi connectivity index (χ3v) is 2.64. The summed E-state index contributed by atoms with van der Waals surface area (Å²) in [6, 6.07) is 0. The molecule has 3 heteroatoms. The average molecular weight is 178 g/mol. The van der Waals surface area contributed by atoms with Crippen LogP contribution in [0.2, 0.25) is 0 Å². The molecule has 1 aliphatic carbocycles. The number of rotatable bonds is 1. The van der Waals surface area contributed by atoms with E-state index in [2.05, 4.69) is 11.3 Å². The molecule has 0 aromatic carbocycles. The summed E-state index contributed by atoms with van der Waals surface area (Å²) < 4.78 is 4.57. The van der Waals surface area contributed by atoms with Crippen molar-refractivity contribution in [2.45, 2.75) is 6.42 Å². The monoisotopic (exact) mass is 178 g/mol. The number of fused-ring (bicyclic) bond motifs is 1. The smallest absolute Gasteiger partial charge is 0.318 e. The number of carbonyl (C=O) groups excluding carboxylic acids is 2. The van der Waals surface area contributed by atoms with Gasteiger partial charge in [-0.1, -0.05) is 18.2 Å². The van der Waals surface area contributed by atoms with Gasteiger partial charge in [0.05, 0.1) is 11.8 Å². The Hall–Kier alpha value is -1.38. The lowest BCUT2D eigenvalue weighted by Gasteiger charge is -2.21. The quantitative estimate of drug-likeness (QED) is 0.342. The Morgan fingerprint density at radius 3 is 2.92 bits per heavy atom. The summed E-state index contributed by atoms with van der Waals surface area (Å²) >= 11 is 0. The zero-order chi connectivity index (χ0) is 9.42. The van der Waals surface area contributed by atoms with E-state index in [0.717, 1.165) is 0 Å². The van der Waals surface area contributed by atoms with Crippen molar-refractivity contribution in [3.8, 4) is 0 Å². The van der Waals surface area contributed by atoms with Gasteiger partial charge >= 0.3 is 11.9 Å². The van der Waals surface area contributed by atoms with Gasteiger partial charge in [0.2, 0.25) is 0 Å². The van der Waals surface area contributed by atoms with Crippen LogP contribution in [0.25, 0.3) is 0 Å². The molecule has 0 amide bonds. The minimum atomic E-state index is -0.399. The number of allylic oxidation sites excluding steroid dienone is 3. The summed E-state index contributed by atoms with van der Waals surface area (Å²) in [4.78, 5) is 22.4. The van der Waals surface area contributed by atoms with Gasteiger partial charge in [-0.25, -0.2) is 0 Å². The first-order valence-corrected chi connectivity index (χ1v) is 4.29. The second-order valence-corrected chi connectivity index (χ2v) is 3.35. The van der Waals surface area contributed by atoms with E-state index in [-0.39, 0.29) is 23.7 Å². The molecule has 2 aliphatic rings. The summed E-state index contributed by atoms with van der Waals surface area (Å²) in [5, 5.41) is 0. The van der Waals surface area contributed by atoms with Crippen LogP contribution in [-0.4, -0.2) is 11.9 Å². The number of hydrogen-bond donors (Lipinski definition) is 0. The fraction of sp³-hybridized carbons (Fsp3) is 0.400. The number of esters is 2. The van der Waals surface area contributed by atoms with Gasteiger partial charge < -0.3 is 4.74 Å². The van der Waals surface area contributed by atoms with E-state index in [0.29, 0.717) is 6.42 Å².